The van der Waals surface area contributed by atoms with Gasteiger partial charge in [0.25, 0.3) is 0 Å². The van der Waals surface area contributed by atoms with Crippen molar-refractivity contribution in [2.24, 2.45) is 5.41 Å². The van der Waals surface area contributed by atoms with Gasteiger partial charge >= 0.3 is 0 Å². The number of nitrogens with one attached hydrogen (secondary N) is 1. The van der Waals surface area contributed by atoms with Crippen LogP contribution >= 0.6 is 0 Å². The average molecular weight is 199 g/mol. The summed E-state index contributed by atoms with van der Waals surface area (Å²) in [6, 6.07) is 0. The first-order chi connectivity index (χ1) is 6.47. The number of carbonyl (C=O) groups excluding carboxylic acids is 1. The highest BCUT2D eigenvalue weighted by Gasteiger charge is 2.19. The second kappa shape index (κ2) is 4.78. The zero-order valence-electron chi connectivity index (χ0n) is 9.43. The molecule has 1 amide bonds. The molecule has 0 spiro atoms. The number of carbonyl (C=O) groups is 1. The van der Waals surface area contributed by atoms with Gasteiger partial charge in [0.15, 0.2) is 0 Å². The molecule has 1 aliphatic carbocycles. The first-order valence-corrected chi connectivity index (χ1v) is 5.42. The van der Waals surface area contributed by atoms with Gasteiger partial charge < -0.3 is 0 Å². The Labute approximate surface area is 86.2 Å². The quantitative estimate of drug-likeness (QED) is 0.709. The molecular weight excluding hydrogens is 178 g/mol. The van der Waals surface area contributed by atoms with Crippen LogP contribution in [0.15, 0.2) is 0 Å². The summed E-state index contributed by atoms with van der Waals surface area (Å²) in [7, 11) is 0. The van der Waals surface area contributed by atoms with Crippen LogP contribution in [0.5, 0.6) is 0 Å². The molecule has 1 N–H and O–H groups in total. The number of rotatable bonds is 3. The second-order valence-corrected chi connectivity index (χ2v) is 5.29. The minimum atomic E-state index is -0.00981. The summed E-state index contributed by atoms with van der Waals surface area (Å²) in [5.74, 6) is -0.00981. The minimum absolute atomic E-state index is 0.00981. The van der Waals surface area contributed by atoms with E-state index in [0.29, 0.717) is 6.42 Å². The highest BCUT2D eigenvalue weighted by molar-refractivity contribution is 5.75. The molecule has 1 rings (SSSR count). The Kier molecular flexibility index (Phi) is 3.93. The molecule has 0 aromatic heterocycles. The number of hydroxylamine groups is 1. The van der Waals surface area contributed by atoms with Crippen molar-refractivity contribution in [1.82, 2.24) is 5.48 Å². The number of amides is 1. The molecule has 0 heterocycles. The Morgan fingerprint density at radius 2 is 1.93 bits per heavy atom. The van der Waals surface area contributed by atoms with Crippen LogP contribution in [0.4, 0.5) is 0 Å². The van der Waals surface area contributed by atoms with E-state index in [1.807, 2.05) is 20.8 Å². The number of hydrogen-bond donors (Lipinski definition) is 1. The molecule has 3 nitrogen and oxygen atoms in total. The zero-order chi connectivity index (χ0) is 10.6. The lowest BCUT2D eigenvalue weighted by atomic mass is 9.92. The molecule has 14 heavy (non-hydrogen) atoms. The van der Waals surface area contributed by atoms with Crippen molar-refractivity contribution in [3.8, 4) is 0 Å². The third kappa shape index (κ3) is 4.61. The lowest BCUT2D eigenvalue weighted by molar-refractivity contribution is -0.140. The minimum Gasteiger partial charge on any atom is -0.273 e. The molecular formula is C11H21NO2. The van der Waals surface area contributed by atoms with E-state index in [-0.39, 0.29) is 17.4 Å². The third-order valence-electron chi connectivity index (χ3n) is 2.33. The molecule has 0 unspecified atom stereocenters. The highest BCUT2D eigenvalue weighted by Crippen LogP contribution is 2.21. The van der Waals surface area contributed by atoms with Crippen molar-refractivity contribution in [3.63, 3.8) is 0 Å². The van der Waals surface area contributed by atoms with Crippen molar-refractivity contribution in [2.75, 3.05) is 0 Å². The first-order valence-electron chi connectivity index (χ1n) is 5.42. The van der Waals surface area contributed by atoms with E-state index >= 15 is 0 Å². The van der Waals surface area contributed by atoms with Gasteiger partial charge in [-0.2, -0.15) is 0 Å². The van der Waals surface area contributed by atoms with Gasteiger partial charge in [0, 0.05) is 6.42 Å². The Hall–Kier alpha value is -0.570. The van der Waals surface area contributed by atoms with Crippen LogP contribution in [-0.4, -0.2) is 12.0 Å². The summed E-state index contributed by atoms with van der Waals surface area (Å²) in [6.45, 7) is 6.13. The monoisotopic (exact) mass is 199 g/mol. The van der Waals surface area contributed by atoms with Crippen LogP contribution in [0, 0.1) is 5.41 Å². The summed E-state index contributed by atoms with van der Waals surface area (Å²) < 4.78 is 0. The summed E-state index contributed by atoms with van der Waals surface area (Å²) in [4.78, 5) is 16.7. The van der Waals surface area contributed by atoms with E-state index in [4.69, 9.17) is 4.84 Å². The molecule has 0 aliphatic heterocycles. The van der Waals surface area contributed by atoms with Gasteiger partial charge in [-0.05, 0) is 18.3 Å². The molecule has 0 bridgehead atoms. The van der Waals surface area contributed by atoms with E-state index in [0.717, 1.165) is 12.8 Å². The van der Waals surface area contributed by atoms with Gasteiger partial charge in [0.2, 0.25) is 5.91 Å². The van der Waals surface area contributed by atoms with Gasteiger partial charge in [-0.3, -0.25) is 9.63 Å². The van der Waals surface area contributed by atoms with Crippen molar-refractivity contribution in [1.29, 1.82) is 0 Å². The lowest BCUT2D eigenvalue weighted by Gasteiger charge is -2.18. The molecule has 1 saturated carbocycles. The van der Waals surface area contributed by atoms with Crippen LogP contribution in [0.2, 0.25) is 0 Å². The second-order valence-electron chi connectivity index (χ2n) is 5.29. The summed E-state index contributed by atoms with van der Waals surface area (Å²) >= 11 is 0. The smallest absolute Gasteiger partial charge is 0.244 e. The zero-order valence-corrected chi connectivity index (χ0v) is 9.43. The molecule has 0 atom stereocenters. The van der Waals surface area contributed by atoms with Crippen LogP contribution in [0.25, 0.3) is 0 Å². The summed E-state index contributed by atoms with van der Waals surface area (Å²) in [6.07, 6.45) is 5.37. The normalized spacial score (nSPS) is 18.5. The maximum atomic E-state index is 11.4. The van der Waals surface area contributed by atoms with E-state index in [9.17, 15) is 4.79 Å². The van der Waals surface area contributed by atoms with Gasteiger partial charge in [-0.1, -0.05) is 33.6 Å². The van der Waals surface area contributed by atoms with Crippen LogP contribution in [-0.2, 0) is 9.63 Å². The van der Waals surface area contributed by atoms with Crippen molar-refractivity contribution >= 4 is 5.91 Å². The highest BCUT2D eigenvalue weighted by atomic mass is 16.7. The van der Waals surface area contributed by atoms with Crippen LogP contribution in [0.1, 0.15) is 52.9 Å². The van der Waals surface area contributed by atoms with E-state index < -0.39 is 0 Å². The predicted molar refractivity (Wildman–Crippen MR) is 55.6 cm³/mol. The molecule has 82 valence electrons. The van der Waals surface area contributed by atoms with Gasteiger partial charge in [-0.25, -0.2) is 5.48 Å². The molecule has 0 aromatic carbocycles. The maximum Gasteiger partial charge on any atom is 0.244 e. The Morgan fingerprint density at radius 1 is 1.36 bits per heavy atom. The Morgan fingerprint density at radius 3 is 2.43 bits per heavy atom. The van der Waals surface area contributed by atoms with Gasteiger partial charge in [-0.15, -0.1) is 0 Å². The van der Waals surface area contributed by atoms with Crippen molar-refractivity contribution in [2.45, 2.75) is 59.0 Å². The molecule has 0 saturated heterocycles. The molecule has 0 radical (unpaired) electrons. The Balaban J connectivity index is 2.14. The van der Waals surface area contributed by atoms with E-state index in [1.54, 1.807) is 0 Å². The summed E-state index contributed by atoms with van der Waals surface area (Å²) in [5.41, 5.74) is 2.57. The fraction of sp³-hybridized carbons (Fsp3) is 0.909. The van der Waals surface area contributed by atoms with Crippen molar-refractivity contribution in [3.05, 3.63) is 0 Å². The fourth-order valence-electron chi connectivity index (χ4n) is 1.67. The van der Waals surface area contributed by atoms with Crippen LogP contribution in [0.3, 0.4) is 0 Å². The van der Waals surface area contributed by atoms with E-state index in [2.05, 4.69) is 5.48 Å². The topological polar surface area (TPSA) is 38.3 Å². The maximum absolute atomic E-state index is 11.4. The Bertz CT molecular complexity index is 190. The largest absolute Gasteiger partial charge is 0.273 e. The van der Waals surface area contributed by atoms with Gasteiger partial charge in [0.05, 0.1) is 6.10 Å². The van der Waals surface area contributed by atoms with Gasteiger partial charge in [0.1, 0.15) is 0 Å². The number of hydrogen-bond acceptors (Lipinski definition) is 2. The fourth-order valence-corrected chi connectivity index (χ4v) is 1.67. The molecule has 1 aliphatic rings. The SMILES string of the molecule is CC(C)(C)CC(=O)NOC1CCCC1. The first kappa shape index (κ1) is 11.5. The van der Waals surface area contributed by atoms with Crippen LogP contribution < -0.4 is 5.48 Å². The standard InChI is InChI=1S/C11H21NO2/c1-11(2,3)8-10(13)12-14-9-6-4-5-7-9/h9H,4-8H2,1-3H3,(H,12,13). The molecule has 3 heteroatoms. The molecule has 0 aromatic rings. The third-order valence-corrected chi connectivity index (χ3v) is 2.33. The van der Waals surface area contributed by atoms with Crippen molar-refractivity contribution < 1.29 is 9.63 Å². The average Bonchev–Trinajstić information content (AvgIpc) is 2.49. The molecule has 1 fully saturated rings. The lowest BCUT2D eigenvalue weighted by Crippen LogP contribution is -2.31. The van der Waals surface area contributed by atoms with E-state index in [1.165, 1.54) is 12.8 Å². The summed E-state index contributed by atoms with van der Waals surface area (Å²) in [5, 5.41) is 0. The predicted octanol–water partition coefficient (Wildman–Crippen LogP) is 2.41.